The molecule has 0 aliphatic heterocycles. The first-order valence-corrected chi connectivity index (χ1v) is 9.87. The summed E-state index contributed by atoms with van der Waals surface area (Å²) in [5.74, 6) is -0.271. The Morgan fingerprint density at radius 1 is 0.966 bits per heavy atom. The van der Waals surface area contributed by atoms with E-state index in [-0.39, 0.29) is 27.9 Å². The Labute approximate surface area is 176 Å². The number of benzene rings is 3. The van der Waals surface area contributed by atoms with E-state index in [0.29, 0.717) is 11.1 Å². The van der Waals surface area contributed by atoms with Crippen LogP contribution in [0, 0.1) is 10.1 Å². The molecule has 0 saturated carbocycles. The SMILES string of the molecule is O=C(CSc1cccc(C(=O)Nc2ccc(Cl)cc2[N+](=O)[O-])c1)c1ccccc1. The van der Waals surface area contributed by atoms with E-state index < -0.39 is 10.8 Å². The number of hydrogen-bond donors (Lipinski definition) is 1. The Hall–Kier alpha value is -3.16. The van der Waals surface area contributed by atoms with E-state index in [1.807, 2.05) is 6.07 Å². The molecule has 1 N–H and O–H groups in total. The molecule has 0 aliphatic rings. The van der Waals surface area contributed by atoms with Crippen LogP contribution in [0.3, 0.4) is 0 Å². The topological polar surface area (TPSA) is 89.3 Å². The van der Waals surface area contributed by atoms with Crippen LogP contribution in [0.1, 0.15) is 20.7 Å². The lowest BCUT2D eigenvalue weighted by Crippen LogP contribution is -2.13. The van der Waals surface area contributed by atoms with Gasteiger partial charge in [-0.15, -0.1) is 11.8 Å². The van der Waals surface area contributed by atoms with Gasteiger partial charge in [-0.05, 0) is 30.3 Å². The van der Waals surface area contributed by atoms with Crippen molar-refractivity contribution >= 4 is 46.4 Å². The number of carbonyl (C=O) groups is 2. The second-order valence-corrected chi connectivity index (χ2v) is 7.46. The first-order chi connectivity index (χ1) is 13.9. The number of nitro benzene ring substituents is 1. The lowest BCUT2D eigenvalue weighted by Gasteiger charge is -2.08. The van der Waals surface area contributed by atoms with Gasteiger partial charge in [-0.2, -0.15) is 0 Å². The molecule has 0 aliphatic carbocycles. The number of nitro groups is 1. The number of anilines is 1. The number of rotatable bonds is 7. The highest BCUT2D eigenvalue weighted by molar-refractivity contribution is 8.00. The minimum Gasteiger partial charge on any atom is -0.316 e. The zero-order valence-corrected chi connectivity index (χ0v) is 16.6. The molecule has 3 rings (SSSR count). The number of thioether (sulfide) groups is 1. The van der Waals surface area contributed by atoms with Gasteiger partial charge < -0.3 is 5.32 Å². The van der Waals surface area contributed by atoms with Crippen molar-refractivity contribution in [1.29, 1.82) is 0 Å². The van der Waals surface area contributed by atoms with Gasteiger partial charge in [0.15, 0.2) is 5.78 Å². The second-order valence-electron chi connectivity index (χ2n) is 5.98. The van der Waals surface area contributed by atoms with E-state index in [2.05, 4.69) is 5.32 Å². The van der Waals surface area contributed by atoms with Gasteiger partial charge in [0.2, 0.25) is 0 Å². The molecule has 1 amide bonds. The Balaban J connectivity index is 1.70. The maximum Gasteiger partial charge on any atom is 0.294 e. The third kappa shape index (κ3) is 5.43. The zero-order chi connectivity index (χ0) is 20.8. The van der Waals surface area contributed by atoms with Crippen LogP contribution in [0.15, 0.2) is 77.7 Å². The lowest BCUT2D eigenvalue weighted by atomic mass is 10.2. The fraction of sp³-hybridized carbons (Fsp3) is 0.0476. The number of nitrogens with one attached hydrogen (secondary N) is 1. The minimum absolute atomic E-state index is 0.0118. The minimum atomic E-state index is -0.608. The van der Waals surface area contributed by atoms with Gasteiger partial charge in [0.25, 0.3) is 11.6 Å². The Morgan fingerprint density at radius 3 is 2.41 bits per heavy atom. The highest BCUT2D eigenvalue weighted by Gasteiger charge is 2.17. The average Bonchev–Trinajstić information content (AvgIpc) is 2.74. The summed E-state index contributed by atoms with van der Waals surface area (Å²) in [4.78, 5) is 36.1. The van der Waals surface area contributed by atoms with Crippen LogP contribution in [0.25, 0.3) is 0 Å². The molecular formula is C21H15ClN2O4S. The molecule has 3 aromatic carbocycles. The Morgan fingerprint density at radius 2 is 1.69 bits per heavy atom. The number of Topliss-reactive ketones (excluding diaryl/α,β-unsaturated/α-hetero) is 1. The standard InChI is InChI=1S/C21H15ClN2O4S/c22-16-9-10-18(19(12-16)24(27)28)23-21(26)15-7-4-8-17(11-15)29-13-20(25)14-5-2-1-3-6-14/h1-12H,13H2,(H,23,26). The summed E-state index contributed by atoms with van der Waals surface area (Å²) >= 11 is 7.11. The fourth-order valence-electron chi connectivity index (χ4n) is 2.54. The number of carbonyl (C=O) groups excluding carboxylic acids is 2. The van der Waals surface area contributed by atoms with E-state index in [9.17, 15) is 19.7 Å². The van der Waals surface area contributed by atoms with Crippen molar-refractivity contribution in [1.82, 2.24) is 0 Å². The van der Waals surface area contributed by atoms with E-state index in [1.54, 1.807) is 48.5 Å². The van der Waals surface area contributed by atoms with E-state index in [1.165, 1.54) is 30.0 Å². The molecule has 0 fully saturated rings. The van der Waals surface area contributed by atoms with Crippen LogP contribution in [0.5, 0.6) is 0 Å². The summed E-state index contributed by atoms with van der Waals surface area (Å²) in [5.41, 5.74) is 0.724. The Kier molecular flexibility index (Phi) is 6.64. The zero-order valence-electron chi connectivity index (χ0n) is 15.0. The maximum absolute atomic E-state index is 12.5. The molecule has 0 aromatic heterocycles. The van der Waals surface area contributed by atoms with Gasteiger partial charge in [-0.3, -0.25) is 19.7 Å². The summed E-state index contributed by atoms with van der Waals surface area (Å²) in [6.45, 7) is 0. The third-order valence-electron chi connectivity index (χ3n) is 3.97. The monoisotopic (exact) mass is 426 g/mol. The molecular weight excluding hydrogens is 412 g/mol. The van der Waals surface area contributed by atoms with Crippen molar-refractivity contribution in [2.45, 2.75) is 4.90 Å². The smallest absolute Gasteiger partial charge is 0.294 e. The van der Waals surface area contributed by atoms with Crippen LogP contribution in [-0.2, 0) is 0 Å². The van der Waals surface area contributed by atoms with Crippen LogP contribution < -0.4 is 5.32 Å². The molecule has 29 heavy (non-hydrogen) atoms. The largest absolute Gasteiger partial charge is 0.316 e. The van der Waals surface area contributed by atoms with Crippen molar-refractivity contribution in [2.24, 2.45) is 0 Å². The van der Waals surface area contributed by atoms with E-state index >= 15 is 0 Å². The lowest BCUT2D eigenvalue weighted by molar-refractivity contribution is -0.383. The van der Waals surface area contributed by atoms with Crippen LogP contribution in [0.2, 0.25) is 5.02 Å². The van der Waals surface area contributed by atoms with Crippen molar-refractivity contribution in [3.05, 3.63) is 99.1 Å². The summed E-state index contributed by atoms with van der Waals surface area (Å²) in [6, 6.07) is 19.7. The molecule has 3 aromatic rings. The Bertz CT molecular complexity index is 1070. The summed E-state index contributed by atoms with van der Waals surface area (Å²) in [5, 5.41) is 13.9. The first kappa shape index (κ1) is 20.6. The predicted octanol–water partition coefficient (Wildman–Crippen LogP) is 5.48. The van der Waals surface area contributed by atoms with Crippen molar-refractivity contribution in [3.8, 4) is 0 Å². The third-order valence-corrected chi connectivity index (χ3v) is 5.20. The maximum atomic E-state index is 12.5. The van der Waals surface area contributed by atoms with Gasteiger partial charge in [0.05, 0.1) is 10.7 Å². The number of halogens is 1. The van der Waals surface area contributed by atoms with E-state index in [0.717, 1.165) is 4.90 Å². The summed E-state index contributed by atoms with van der Waals surface area (Å²) < 4.78 is 0. The highest BCUT2D eigenvalue weighted by Crippen LogP contribution is 2.28. The molecule has 6 nitrogen and oxygen atoms in total. The molecule has 8 heteroatoms. The predicted molar refractivity (Wildman–Crippen MR) is 114 cm³/mol. The fourth-order valence-corrected chi connectivity index (χ4v) is 3.56. The van der Waals surface area contributed by atoms with Crippen molar-refractivity contribution in [3.63, 3.8) is 0 Å². The first-order valence-electron chi connectivity index (χ1n) is 8.50. The van der Waals surface area contributed by atoms with Crippen LogP contribution >= 0.6 is 23.4 Å². The molecule has 0 spiro atoms. The quantitative estimate of drug-likeness (QED) is 0.234. The summed E-state index contributed by atoms with van der Waals surface area (Å²) in [7, 11) is 0. The number of hydrogen-bond acceptors (Lipinski definition) is 5. The molecule has 0 radical (unpaired) electrons. The molecule has 146 valence electrons. The van der Waals surface area contributed by atoms with Gasteiger partial charge >= 0.3 is 0 Å². The summed E-state index contributed by atoms with van der Waals surface area (Å²) in [6.07, 6.45) is 0. The second kappa shape index (κ2) is 9.36. The van der Waals surface area contributed by atoms with Gasteiger partial charge in [0, 0.05) is 27.1 Å². The molecule has 0 atom stereocenters. The molecule has 0 saturated heterocycles. The van der Waals surface area contributed by atoms with Crippen molar-refractivity contribution < 1.29 is 14.5 Å². The highest BCUT2D eigenvalue weighted by atomic mass is 35.5. The number of nitrogens with zero attached hydrogens (tertiary/aromatic N) is 1. The van der Waals surface area contributed by atoms with Gasteiger partial charge in [0.1, 0.15) is 5.69 Å². The molecule has 0 heterocycles. The number of amides is 1. The normalized spacial score (nSPS) is 10.4. The molecule has 0 unspecified atom stereocenters. The van der Waals surface area contributed by atoms with E-state index in [4.69, 9.17) is 11.6 Å². The van der Waals surface area contributed by atoms with Crippen LogP contribution in [-0.4, -0.2) is 22.4 Å². The number of ketones is 1. The van der Waals surface area contributed by atoms with Gasteiger partial charge in [-0.1, -0.05) is 48.0 Å². The molecule has 0 bridgehead atoms. The average molecular weight is 427 g/mol. The van der Waals surface area contributed by atoms with Crippen molar-refractivity contribution in [2.75, 3.05) is 11.1 Å². The van der Waals surface area contributed by atoms with Gasteiger partial charge in [-0.25, -0.2) is 0 Å². The van der Waals surface area contributed by atoms with Crippen LogP contribution in [0.4, 0.5) is 11.4 Å².